The van der Waals surface area contributed by atoms with Gasteiger partial charge in [-0.2, -0.15) is 0 Å². The van der Waals surface area contributed by atoms with Crippen molar-refractivity contribution in [3.8, 4) is 0 Å². The van der Waals surface area contributed by atoms with Gasteiger partial charge in [0, 0.05) is 0 Å². The van der Waals surface area contributed by atoms with Crippen molar-refractivity contribution < 1.29 is 0 Å². The van der Waals surface area contributed by atoms with Crippen LogP contribution >= 0.6 is 0 Å². The van der Waals surface area contributed by atoms with Crippen LogP contribution in [0.1, 0.15) is 80.6 Å². The summed E-state index contributed by atoms with van der Waals surface area (Å²) in [6, 6.07) is 0. The first kappa shape index (κ1) is 17.5. The molecule has 0 aromatic rings. The molecular formula is C20H36. The number of hydrogen-bond acceptors (Lipinski definition) is 0. The molecule has 0 radical (unpaired) electrons. The molecule has 0 saturated heterocycles. The summed E-state index contributed by atoms with van der Waals surface area (Å²) in [5, 5.41) is 0. The highest BCUT2D eigenvalue weighted by Crippen LogP contribution is 2.48. The molecule has 0 aromatic heterocycles. The Hall–Kier alpha value is -0.520. The fourth-order valence-electron chi connectivity index (χ4n) is 3.91. The van der Waals surface area contributed by atoms with Crippen LogP contribution in [0.4, 0.5) is 0 Å². The topological polar surface area (TPSA) is 0 Å². The van der Waals surface area contributed by atoms with Crippen LogP contribution in [0, 0.1) is 22.7 Å². The molecule has 0 spiro atoms. The molecule has 0 bridgehead atoms. The molecule has 0 aliphatic heterocycles. The third-order valence-electron chi connectivity index (χ3n) is 5.33. The van der Waals surface area contributed by atoms with E-state index in [2.05, 4.69) is 66.7 Å². The summed E-state index contributed by atoms with van der Waals surface area (Å²) >= 11 is 0. The van der Waals surface area contributed by atoms with E-state index in [9.17, 15) is 0 Å². The maximum absolute atomic E-state index is 2.51. The molecule has 2 atom stereocenters. The quantitative estimate of drug-likeness (QED) is 0.521. The summed E-state index contributed by atoms with van der Waals surface area (Å²) in [7, 11) is 0. The Morgan fingerprint density at radius 2 is 1.95 bits per heavy atom. The predicted molar refractivity (Wildman–Crippen MR) is 91.9 cm³/mol. The highest BCUT2D eigenvalue weighted by atomic mass is 14.4. The second-order valence-corrected chi connectivity index (χ2v) is 8.32. The lowest BCUT2D eigenvalue weighted by molar-refractivity contribution is 0.0585. The molecule has 116 valence electrons. The van der Waals surface area contributed by atoms with Gasteiger partial charge in [-0.1, -0.05) is 73.1 Å². The molecule has 0 amide bonds. The maximum Gasteiger partial charge on any atom is -0.0222 e. The summed E-state index contributed by atoms with van der Waals surface area (Å²) in [5.74, 6) is 1.45. The molecule has 0 heteroatoms. The van der Waals surface area contributed by atoms with Crippen molar-refractivity contribution in [1.29, 1.82) is 0 Å². The minimum absolute atomic E-state index is 0.405. The average Bonchev–Trinajstić information content (AvgIpc) is 2.34. The zero-order valence-corrected chi connectivity index (χ0v) is 14.9. The molecule has 0 aromatic carbocycles. The van der Waals surface area contributed by atoms with E-state index < -0.39 is 0 Å². The van der Waals surface area contributed by atoms with Gasteiger partial charge < -0.3 is 0 Å². The van der Waals surface area contributed by atoms with Crippen LogP contribution in [0.5, 0.6) is 0 Å². The third kappa shape index (κ3) is 4.50. The molecule has 20 heavy (non-hydrogen) atoms. The minimum atomic E-state index is 0.405. The molecule has 0 saturated carbocycles. The normalized spacial score (nSPS) is 32.0. The van der Waals surface area contributed by atoms with Crippen LogP contribution in [0.25, 0.3) is 0 Å². The van der Waals surface area contributed by atoms with Gasteiger partial charge in [0.1, 0.15) is 0 Å². The molecule has 0 nitrogen and oxygen atoms in total. The van der Waals surface area contributed by atoms with E-state index in [1.54, 1.807) is 0 Å². The predicted octanol–water partition coefficient (Wildman–Crippen LogP) is 6.78. The van der Waals surface area contributed by atoms with Crippen LogP contribution in [0.2, 0.25) is 0 Å². The first-order valence-electron chi connectivity index (χ1n) is 8.57. The Labute approximate surface area is 127 Å². The number of hydrogen-bond donors (Lipinski definition) is 0. The third-order valence-corrected chi connectivity index (χ3v) is 5.33. The Balaban J connectivity index is 3.02. The molecular weight excluding hydrogens is 240 g/mol. The first-order chi connectivity index (χ1) is 9.20. The largest absolute Gasteiger partial charge is 0.0837 e. The van der Waals surface area contributed by atoms with Crippen molar-refractivity contribution >= 4 is 0 Å². The fourth-order valence-corrected chi connectivity index (χ4v) is 3.91. The molecule has 0 fully saturated rings. The van der Waals surface area contributed by atoms with Gasteiger partial charge in [0.05, 0.1) is 0 Å². The Morgan fingerprint density at radius 3 is 2.45 bits per heavy atom. The lowest BCUT2D eigenvalue weighted by Gasteiger charge is -2.45. The van der Waals surface area contributed by atoms with Crippen LogP contribution in [0.15, 0.2) is 23.8 Å². The molecule has 1 aliphatic rings. The molecule has 0 heterocycles. The van der Waals surface area contributed by atoms with Crippen molar-refractivity contribution in [3.63, 3.8) is 0 Å². The summed E-state index contributed by atoms with van der Waals surface area (Å²) in [4.78, 5) is 0. The van der Waals surface area contributed by atoms with E-state index in [0.29, 0.717) is 16.7 Å². The summed E-state index contributed by atoms with van der Waals surface area (Å²) < 4.78 is 0. The standard InChI is InChI=1S/C20H36/c1-8-20(7)15-11-13-17(16(2)3)12-9-10-14-18(20)19(4,5)6/h11-13,16,18H,8-10,14-15H2,1-7H3/b13-11?,17-12+/t18?,20-/m1/s1. The molecule has 1 rings (SSSR count). The van der Waals surface area contributed by atoms with Crippen molar-refractivity contribution in [1.82, 2.24) is 0 Å². The smallest absolute Gasteiger partial charge is 0.0222 e. The van der Waals surface area contributed by atoms with Crippen molar-refractivity contribution in [3.05, 3.63) is 23.8 Å². The minimum Gasteiger partial charge on any atom is -0.0837 e. The van der Waals surface area contributed by atoms with E-state index >= 15 is 0 Å². The van der Waals surface area contributed by atoms with Crippen LogP contribution in [-0.4, -0.2) is 0 Å². The van der Waals surface area contributed by atoms with Crippen LogP contribution in [0.3, 0.4) is 0 Å². The SMILES string of the molecule is CC[C@]1(C)CC=C/C(C(C)C)=C\CCCC1C(C)(C)C. The highest BCUT2D eigenvalue weighted by molar-refractivity contribution is 5.21. The highest BCUT2D eigenvalue weighted by Gasteiger charge is 2.38. The van der Waals surface area contributed by atoms with Gasteiger partial charge in [0.25, 0.3) is 0 Å². The second-order valence-electron chi connectivity index (χ2n) is 8.32. The van der Waals surface area contributed by atoms with Crippen molar-refractivity contribution in [2.75, 3.05) is 0 Å². The van der Waals surface area contributed by atoms with Crippen LogP contribution < -0.4 is 0 Å². The van der Waals surface area contributed by atoms with Gasteiger partial charge in [-0.05, 0) is 53.9 Å². The fraction of sp³-hybridized carbons (Fsp3) is 0.800. The second kappa shape index (κ2) is 6.96. The van der Waals surface area contributed by atoms with Gasteiger partial charge in [-0.15, -0.1) is 0 Å². The monoisotopic (exact) mass is 276 g/mol. The summed E-state index contributed by atoms with van der Waals surface area (Å²) in [5.41, 5.74) is 2.37. The molecule has 1 unspecified atom stereocenters. The Kier molecular flexibility index (Phi) is 6.10. The van der Waals surface area contributed by atoms with Crippen LogP contribution in [-0.2, 0) is 0 Å². The van der Waals surface area contributed by atoms with E-state index in [1.165, 1.54) is 37.7 Å². The molecule has 1 aliphatic carbocycles. The Bertz CT molecular complexity index is 351. The van der Waals surface area contributed by atoms with Gasteiger partial charge in [0.2, 0.25) is 0 Å². The Morgan fingerprint density at radius 1 is 1.30 bits per heavy atom. The summed E-state index contributed by atoms with van der Waals surface area (Å²) in [6.45, 7) is 16.8. The first-order valence-corrected chi connectivity index (χ1v) is 8.57. The zero-order valence-electron chi connectivity index (χ0n) is 14.9. The summed E-state index contributed by atoms with van der Waals surface area (Å²) in [6.07, 6.45) is 13.7. The maximum atomic E-state index is 2.51. The average molecular weight is 277 g/mol. The lowest BCUT2D eigenvalue weighted by atomic mass is 9.60. The lowest BCUT2D eigenvalue weighted by Crippen LogP contribution is -2.36. The van der Waals surface area contributed by atoms with E-state index in [1.807, 2.05) is 0 Å². The van der Waals surface area contributed by atoms with Gasteiger partial charge in [0.15, 0.2) is 0 Å². The molecule has 0 N–H and O–H groups in total. The van der Waals surface area contributed by atoms with Gasteiger partial charge in [-0.25, -0.2) is 0 Å². The van der Waals surface area contributed by atoms with E-state index in [0.717, 1.165) is 5.92 Å². The van der Waals surface area contributed by atoms with E-state index in [-0.39, 0.29) is 0 Å². The zero-order chi connectivity index (χ0) is 15.4. The number of rotatable bonds is 2. The van der Waals surface area contributed by atoms with Gasteiger partial charge in [-0.3, -0.25) is 0 Å². The van der Waals surface area contributed by atoms with Gasteiger partial charge >= 0.3 is 0 Å². The van der Waals surface area contributed by atoms with Crippen molar-refractivity contribution in [2.45, 2.75) is 80.6 Å². The van der Waals surface area contributed by atoms with Crippen molar-refractivity contribution in [2.24, 2.45) is 22.7 Å². The number of allylic oxidation sites excluding steroid dienone is 4. The van der Waals surface area contributed by atoms with E-state index in [4.69, 9.17) is 0 Å².